The third kappa shape index (κ3) is 4.73. The molecule has 0 aliphatic heterocycles. The molecule has 4 aromatic rings. The minimum atomic E-state index is -0.0591. The standard InChI is InChI=1S/C32H35N3O/c1-4-35-30(32(36)33-28-17-11-9-13-24-12-8-10-16-27(24)28)29(25-20-18-23(19-21-25)22(2)3)34-31(35)26-14-6-5-7-15-26/h5-8,10,12,14-16,18-22,28H,4,9,11,13,17H2,1-3H3,(H,33,36). The number of benzene rings is 3. The predicted molar refractivity (Wildman–Crippen MR) is 147 cm³/mol. The summed E-state index contributed by atoms with van der Waals surface area (Å²) < 4.78 is 2.07. The molecular formula is C32H35N3O. The molecule has 184 valence electrons. The number of imidazole rings is 1. The normalized spacial score (nSPS) is 15.4. The minimum absolute atomic E-state index is 0.00717. The lowest BCUT2D eigenvalue weighted by atomic mass is 9.98. The molecule has 36 heavy (non-hydrogen) atoms. The topological polar surface area (TPSA) is 46.9 Å². The highest BCUT2D eigenvalue weighted by Crippen LogP contribution is 2.33. The van der Waals surface area contributed by atoms with Crippen molar-refractivity contribution in [2.75, 3.05) is 0 Å². The lowest BCUT2D eigenvalue weighted by molar-refractivity contribution is 0.0926. The van der Waals surface area contributed by atoms with Crippen LogP contribution in [0.4, 0.5) is 0 Å². The average molecular weight is 478 g/mol. The maximum Gasteiger partial charge on any atom is 0.270 e. The lowest BCUT2D eigenvalue weighted by Crippen LogP contribution is -2.31. The van der Waals surface area contributed by atoms with Crippen LogP contribution in [0.2, 0.25) is 0 Å². The Labute approximate surface area is 214 Å². The Morgan fingerprint density at radius 3 is 2.39 bits per heavy atom. The Kier molecular flexibility index (Phi) is 7.04. The number of fused-ring (bicyclic) bond motifs is 1. The number of aromatic nitrogens is 2. The van der Waals surface area contributed by atoms with Crippen LogP contribution in [0.1, 0.15) is 79.2 Å². The van der Waals surface area contributed by atoms with E-state index in [4.69, 9.17) is 4.98 Å². The summed E-state index contributed by atoms with van der Waals surface area (Å²) in [4.78, 5) is 19.1. The number of rotatable bonds is 6. The van der Waals surface area contributed by atoms with Gasteiger partial charge in [-0.05, 0) is 48.8 Å². The largest absolute Gasteiger partial charge is 0.344 e. The molecule has 1 N–H and O–H groups in total. The van der Waals surface area contributed by atoms with Crippen molar-refractivity contribution >= 4 is 5.91 Å². The molecule has 4 heteroatoms. The van der Waals surface area contributed by atoms with E-state index in [1.54, 1.807) is 0 Å². The quantitative estimate of drug-likeness (QED) is 0.291. The Bertz CT molecular complexity index is 1340. The highest BCUT2D eigenvalue weighted by Gasteiger charge is 2.27. The van der Waals surface area contributed by atoms with Crippen LogP contribution in [0.5, 0.6) is 0 Å². The van der Waals surface area contributed by atoms with Crippen molar-refractivity contribution in [1.29, 1.82) is 0 Å². The third-order valence-corrected chi connectivity index (χ3v) is 7.31. The molecule has 1 heterocycles. The SMILES string of the molecule is CCn1c(-c2ccccc2)nc(-c2ccc(C(C)C)cc2)c1C(=O)NC1CCCCc2ccccc21. The van der Waals surface area contributed by atoms with Gasteiger partial charge in [0.05, 0.1) is 6.04 Å². The van der Waals surface area contributed by atoms with Gasteiger partial charge in [0.25, 0.3) is 5.91 Å². The fourth-order valence-corrected chi connectivity index (χ4v) is 5.32. The zero-order valence-electron chi connectivity index (χ0n) is 21.5. The minimum Gasteiger partial charge on any atom is -0.344 e. The molecule has 1 atom stereocenters. The molecule has 1 unspecified atom stereocenters. The summed E-state index contributed by atoms with van der Waals surface area (Å²) >= 11 is 0. The van der Waals surface area contributed by atoms with Crippen LogP contribution < -0.4 is 5.32 Å². The predicted octanol–water partition coefficient (Wildman–Crippen LogP) is 7.56. The summed E-state index contributed by atoms with van der Waals surface area (Å²) in [5.41, 5.74) is 7.23. The van der Waals surface area contributed by atoms with Crippen LogP contribution in [0, 0.1) is 0 Å². The molecule has 1 aliphatic rings. The number of carbonyl (C=O) groups excluding carboxylic acids is 1. The smallest absolute Gasteiger partial charge is 0.270 e. The van der Waals surface area contributed by atoms with Crippen molar-refractivity contribution in [2.45, 2.75) is 65.0 Å². The van der Waals surface area contributed by atoms with E-state index in [9.17, 15) is 4.79 Å². The fourth-order valence-electron chi connectivity index (χ4n) is 5.32. The third-order valence-electron chi connectivity index (χ3n) is 7.31. The molecule has 0 radical (unpaired) electrons. The number of carbonyl (C=O) groups is 1. The summed E-state index contributed by atoms with van der Waals surface area (Å²) in [6.45, 7) is 7.12. The van der Waals surface area contributed by atoms with Crippen LogP contribution in [0.3, 0.4) is 0 Å². The number of amides is 1. The summed E-state index contributed by atoms with van der Waals surface area (Å²) in [6, 6.07) is 27.2. The van der Waals surface area contributed by atoms with Crippen LogP contribution in [0.15, 0.2) is 78.9 Å². The first-order chi connectivity index (χ1) is 17.6. The highest BCUT2D eigenvalue weighted by molar-refractivity contribution is 6.00. The van der Waals surface area contributed by atoms with E-state index in [0.717, 1.165) is 48.3 Å². The van der Waals surface area contributed by atoms with Gasteiger partial charge in [-0.1, -0.05) is 99.1 Å². The van der Waals surface area contributed by atoms with Crippen molar-refractivity contribution in [3.05, 3.63) is 101 Å². The number of aryl methyl sites for hydroxylation is 1. The van der Waals surface area contributed by atoms with Crippen molar-refractivity contribution in [3.63, 3.8) is 0 Å². The Hall–Kier alpha value is -3.66. The molecule has 0 saturated carbocycles. The van der Waals surface area contributed by atoms with E-state index >= 15 is 0 Å². The first kappa shape index (κ1) is 24.1. The zero-order chi connectivity index (χ0) is 25.1. The van der Waals surface area contributed by atoms with Crippen molar-refractivity contribution in [2.24, 2.45) is 0 Å². The number of nitrogens with zero attached hydrogens (tertiary/aromatic N) is 2. The Balaban J connectivity index is 1.60. The summed E-state index contributed by atoms with van der Waals surface area (Å²) in [7, 11) is 0. The molecule has 1 amide bonds. The molecule has 4 nitrogen and oxygen atoms in total. The Morgan fingerprint density at radius 2 is 1.67 bits per heavy atom. The van der Waals surface area contributed by atoms with E-state index in [1.165, 1.54) is 16.7 Å². The van der Waals surface area contributed by atoms with Gasteiger partial charge in [-0.3, -0.25) is 4.79 Å². The van der Waals surface area contributed by atoms with Gasteiger partial charge in [0, 0.05) is 17.7 Å². The van der Waals surface area contributed by atoms with E-state index in [1.807, 2.05) is 18.2 Å². The molecule has 0 bridgehead atoms. The van der Waals surface area contributed by atoms with Gasteiger partial charge in [-0.15, -0.1) is 0 Å². The van der Waals surface area contributed by atoms with Crippen molar-refractivity contribution in [1.82, 2.24) is 14.9 Å². The van der Waals surface area contributed by atoms with Crippen LogP contribution in [-0.2, 0) is 13.0 Å². The van der Waals surface area contributed by atoms with E-state index in [-0.39, 0.29) is 11.9 Å². The monoisotopic (exact) mass is 477 g/mol. The van der Waals surface area contributed by atoms with Gasteiger partial charge < -0.3 is 9.88 Å². The van der Waals surface area contributed by atoms with Crippen LogP contribution >= 0.6 is 0 Å². The lowest BCUT2D eigenvalue weighted by Gasteiger charge is -2.20. The van der Waals surface area contributed by atoms with Gasteiger partial charge in [-0.25, -0.2) is 4.98 Å². The second-order valence-corrected chi connectivity index (χ2v) is 9.99. The summed E-state index contributed by atoms with van der Waals surface area (Å²) in [6.07, 6.45) is 4.28. The molecule has 0 fully saturated rings. The van der Waals surface area contributed by atoms with E-state index in [2.05, 4.69) is 91.3 Å². The first-order valence-corrected chi connectivity index (χ1v) is 13.2. The van der Waals surface area contributed by atoms with Gasteiger partial charge in [0.15, 0.2) is 0 Å². The summed E-state index contributed by atoms with van der Waals surface area (Å²) in [5, 5.41) is 3.41. The van der Waals surface area contributed by atoms with Gasteiger partial charge in [0.2, 0.25) is 0 Å². The zero-order valence-corrected chi connectivity index (χ0v) is 21.5. The van der Waals surface area contributed by atoms with E-state index < -0.39 is 0 Å². The molecule has 3 aromatic carbocycles. The number of nitrogens with one attached hydrogen (secondary N) is 1. The Morgan fingerprint density at radius 1 is 0.944 bits per heavy atom. The fraction of sp³-hybridized carbons (Fsp3) is 0.312. The number of hydrogen-bond acceptors (Lipinski definition) is 2. The van der Waals surface area contributed by atoms with Gasteiger partial charge >= 0.3 is 0 Å². The maximum atomic E-state index is 14.1. The summed E-state index contributed by atoms with van der Waals surface area (Å²) in [5.74, 6) is 1.22. The average Bonchev–Trinajstić information content (AvgIpc) is 3.19. The van der Waals surface area contributed by atoms with Crippen LogP contribution in [0.25, 0.3) is 22.6 Å². The number of hydrogen-bond donors (Lipinski definition) is 1. The molecule has 5 rings (SSSR count). The second kappa shape index (κ2) is 10.5. The van der Waals surface area contributed by atoms with Gasteiger partial charge in [-0.2, -0.15) is 0 Å². The molecule has 1 aromatic heterocycles. The first-order valence-electron chi connectivity index (χ1n) is 13.2. The van der Waals surface area contributed by atoms with Crippen LogP contribution in [-0.4, -0.2) is 15.5 Å². The van der Waals surface area contributed by atoms with E-state index in [0.29, 0.717) is 18.2 Å². The molecule has 0 saturated heterocycles. The van der Waals surface area contributed by atoms with Crippen molar-refractivity contribution in [3.8, 4) is 22.6 Å². The van der Waals surface area contributed by atoms with Gasteiger partial charge in [0.1, 0.15) is 17.2 Å². The maximum absolute atomic E-state index is 14.1. The second-order valence-electron chi connectivity index (χ2n) is 9.99. The van der Waals surface area contributed by atoms with Crippen molar-refractivity contribution < 1.29 is 4.79 Å². The highest BCUT2D eigenvalue weighted by atomic mass is 16.2. The molecule has 0 spiro atoms. The molecular weight excluding hydrogens is 442 g/mol. The molecule has 1 aliphatic carbocycles.